The van der Waals surface area contributed by atoms with Gasteiger partial charge in [0, 0.05) is 32.7 Å². The van der Waals surface area contributed by atoms with E-state index in [1.54, 1.807) is 14.2 Å². The van der Waals surface area contributed by atoms with Gasteiger partial charge in [-0.3, -0.25) is 0 Å². The van der Waals surface area contributed by atoms with Gasteiger partial charge in [0.2, 0.25) is 0 Å². The summed E-state index contributed by atoms with van der Waals surface area (Å²) >= 11 is 0. The van der Waals surface area contributed by atoms with Crippen molar-refractivity contribution in [2.24, 2.45) is 0 Å². The van der Waals surface area contributed by atoms with Crippen LogP contribution in [0.3, 0.4) is 0 Å². The lowest BCUT2D eigenvalue weighted by molar-refractivity contribution is 0.194. The maximum atomic E-state index is 12.5. The lowest BCUT2D eigenvalue weighted by Gasteiger charge is -2.36. The molecule has 0 aliphatic carbocycles. The number of anilines is 1. The van der Waals surface area contributed by atoms with Crippen molar-refractivity contribution in [3.8, 4) is 17.6 Å². The number of rotatable bonds is 6. The van der Waals surface area contributed by atoms with E-state index in [1.165, 1.54) is 0 Å². The van der Waals surface area contributed by atoms with Gasteiger partial charge in [-0.15, -0.1) is 0 Å². The number of hydrogen-bond acceptors (Lipinski definition) is 5. The summed E-state index contributed by atoms with van der Waals surface area (Å²) in [7, 11) is 3.22. The number of carbonyl (C=O) groups excluding carboxylic acids is 1. The SMILES string of the molecule is COc1ccc(CCNC(=O)N2CCN(c3ccccc3C#N)CC2)cc1OC. The fourth-order valence-corrected chi connectivity index (χ4v) is 3.46. The molecule has 29 heavy (non-hydrogen) atoms. The Bertz CT molecular complexity index is 886. The van der Waals surface area contributed by atoms with Gasteiger partial charge in [-0.25, -0.2) is 4.79 Å². The van der Waals surface area contributed by atoms with Crippen molar-refractivity contribution in [1.29, 1.82) is 5.26 Å². The summed E-state index contributed by atoms with van der Waals surface area (Å²) in [5.74, 6) is 1.38. The van der Waals surface area contributed by atoms with Gasteiger partial charge >= 0.3 is 6.03 Å². The number of nitriles is 1. The van der Waals surface area contributed by atoms with E-state index < -0.39 is 0 Å². The third kappa shape index (κ3) is 4.91. The van der Waals surface area contributed by atoms with Gasteiger partial charge in [0.05, 0.1) is 25.5 Å². The van der Waals surface area contributed by atoms with E-state index in [4.69, 9.17) is 9.47 Å². The summed E-state index contributed by atoms with van der Waals surface area (Å²) in [4.78, 5) is 16.5. The molecule has 152 valence electrons. The van der Waals surface area contributed by atoms with Crippen LogP contribution in [0, 0.1) is 11.3 Å². The number of nitrogens with zero attached hydrogens (tertiary/aromatic N) is 3. The first-order valence-electron chi connectivity index (χ1n) is 9.64. The van der Waals surface area contributed by atoms with Gasteiger partial charge in [0.15, 0.2) is 11.5 Å². The molecule has 0 aromatic heterocycles. The van der Waals surface area contributed by atoms with E-state index in [-0.39, 0.29) is 6.03 Å². The van der Waals surface area contributed by atoms with Crippen LogP contribution < -0.4 is 19.7 Å². The molecule has 0 spiro atoms. The second-order valence-electron chi connectivity index (χ2n) is 6.77. The molecule has 1 saturated heterocycles. The molecule has 1 heterocycles. The Morgan fingerprint density at radius 1 is 1.07 bits per heavy atom. The van der Waals surface area contributed by atoms with Crippen LogP contribution in [0.1, 0.15) is 11.1 Å². The molecule has 2 amide bonds. The molecule has 1 N–H and O–H groups in total. The number of benzene rings is 2. The molecule has 7 nitrogen and oxygen atoms in total. The average molecular weight is 394 g/mol. The molecule has 1 aliphatic rings. The van der Waals surface area contributed by atoms with Crippen LogP contribution >= 0.6 is 0 Å². The normalized spacial score (nSPS) is 13.6. The maximum Gasteiger partial charge on any atom is 0.317 e. The third-order valence-corrected chi connectivity index (χ3v) is 5.07. The first-order valence-corrected chi connectivity index (χ1v) is 9.64. The van der Waals surface area contributed by atoms with Crippen molar-refractivity contribution in [2.45, 2.75) is 6.42 Å². The van der Waals surface area contributed by atoms with Crippen LogP contribution in [0.4, 0.5) is 10.5 Å². The molecule has 0 radical (unpaired) electrons. The van der Waals surface area contributed by atoms with E-state index in [2.05, 4.69) is 16.3 Å². The highest BCUT2D eigenvalue weighted by Gasteiger charge is 2.22. The highest BCUT2D eigenvalue weighted by molar-refractivity contribution is 5.74. The van der Waals surface area contributed by atoms with E-state index >= 15 is 0 Å². The van der Waals surface area contributed by atoms with Gasteiger partial charge < -0.3 is 24.6 Å². The molecule has 0 bridgehead atoms. The summed E-state index contributed by atoms with van der Waals surface area (Å²) < 4.78 is 10.6. The number of methoxy groups -OCH3 is 2. The number of nitrogens with one attached hydrogen (secondary N) is 1. The zero-order valence-electron chi connectivity index (χ0n) is 16.9. The predicted octanol–water partition coefficient (Wildman–Crippen LogP) is 2.65. The van der Waals surface area contributed by atoms with Gasteiger partial charge in [-0.2, -0.15) is 5.26 Å². The van der Waals surface area contributed by atoms with E-state index in [1.807, 2.05) is 47.4 Å². The Labute approximate surface area is 171 Å². The standard InChI is InChI=1S/C22H26N4O3/c1-28-20-8-7-17(15-21(20)29-2)9-10-24-22(27)26-13-11-25(12-14-26)19-6-4-3-5-18(19)16-23/h3-8,15H,9-14H2,1-2H3,(H,24,27). The lowest BCUT2D eigenvalue weighted by Crippen LogP contribution is -2.52. The number of para-hydroxylation sites is 1. The maximum absolute atomic E-state index is 12.5. The molecule has 7 heteroatoms. The van der Waals surface area contributed by atoms with Gasteiger partial charge in [0.1, 0.15) is 6.07 Å². The van der Waals surface area contributed by atoms with Crippen molar-refractivity contribution in [2.75, 3.05) is 51.8 Å². The minimum atomic E-state index is -0.0568. The van der Waals surface area contributed by atoms with Gasteiger partial charge in [-0.05, 0) is 36.2 Å². The zero-order chi connectivity index (χ0) is 20.6. The largest absolute Gasteiger partial charge is 0.493 e. The van der Waals surface area contributed by atoms with Crippen molar-refractivity contribution in [1.82, 2.24) is 10.2 Å². The Morgan fingerprint density at radius 2 is 1.79 bits per heavy atom. The fourth-order valence-electron chi connectivity index (χ4n) is 3.46. The summed E-state index contributed by atoms with van der Waals surface area (Å²) in [6.45, 7) is 3.22. The lowest BCUT2D eigenvalue weighted by atomic mass is 10.1. The van der Waals surface area contributed by atoms with Crippen LogP contribution in [-0.4, -0.2) is 57.9 Å². The molecule has 0 atom stereocenters. The molecule has 2 aromatic carbocycles. The molecular formula is C22H26N4O3. The van der Waals surface area contributed by atoms with Crippen molar-refractivity contribution in [3.63, 3.8) is 0 Å². The molecule has 1 aliphatic heterocycles. The van der Waals surface area contributed by atoms with Crippen molar-refractivity contribution < 1.29 is 14.3 Å². The summed E-state index contributed by atoms with van der Waals surface area (Å²) in [5, 5.41) is 12.3. The number of carbonyl (C=O) groups is 1. The Kier molecular flexibility index (Phi) is 6.80. The smallest absolute Gasteiger partial charge is 0.317 e. The fraction of sp³-hybridized carbons (Fsp3) is 0.364. The first-order chi connectivity index (χ1) is 14.2. The topological polar surface area (TPSA) is 77.8 Å². The number of hydrogen-bond donors (Lipinski definition) is 1. The van der Waals surface area contributed by atoms with Crippen molar-refractivity contribution >= 4 is 11.7 Å². The number of ether oxygens (including phenoxy) is 2. The molecule has 1 fully saturated rings. The molecule has 0 saturated carbocycles. The molecular weight excluding hydrogens is 368 g/mol. The Hall–Kier alpha value is -3.40. The van der Waals surface area contributed by atoms with Crippen LogP contribution in [-0.2, 0) is 6.42 Å². The highest BCUT2D eigenvalue weighted by atomic mass is 16.5. The molecule has 2 aromatic rings. The number of urea groups is 1. The van der Waals surface area contributed by atoms with Crippen LogP contribution in [0.5, 0.6) is 11.5 Å². The second kappa shape index (κ2) is 9.69. The van der Waals surface area contributed by atoms with E-state index in [9.17, 15) is 10.1 Å². The number of amides is 2. The first kappa shape index (κ1) is 20.3. The van der Waals surface area contributed by atoms with Crippen LogP contribution in [0.15, 0.2) is 42.5 Å². The minimum Gasteiger partial charge on any atom is -0.493 e. The number of piperazine rings is 1. The third-order valence-electron chi connectivity index (χ3n) is 5.07. The van der Waals surface area contributed by atoms with Gasteiger partial charge in [0.25, 0.3) is 0 Å². The van der Waals surface area contributed by atoms with E-state index in [0.29, 0.717) is 56.2 Å². The quantitative estimate of drug-likeness (QED) is 0.815. The summed E-state index contributed by atoms with van der Waals surface area (Å²) in [5.41, 5.74) is 2.67. The predicted molar refractivity (Wildman–Crippen MR) is 112 cm³/mol. The average Bonchev–Trinajstić information content (AvgIpc) is 2.78. The Morgan fingerprint density at radius 3 is 2.48 bits per heavy atom. The van der Waals surface area contributed by atoms with Crippen LogP contribution in [0.2, 0.25) is 0 Å². The zero-order valence-corrected chi connectivity index (χ0v) is 16.9. The minimum absolute atomic E-state index is 0.0568. The highest BCUT2D eigenvalue weighted by Crippen LogP contribution is 2.27. The van der Waals surface area contributed by atoms with Crippen molar-refractivity contribution in [3.05, 3.63) is 53.6 Å². The monoisotopic (exact) mass is 394 g/mol. The molecule has 0 unspecified atom stereocenters. The Balaban J connectivity index is 1.47. The summed E-state index contributed by atoms with van der Waals surface area (Å²) in [6, 6.07) is 15.5. The van der Waals surface area contributed by atoms with E-state index in [0.717, 1.165) is 11.3 Å². The van der Waals surface area contributed by atoms with Gasteiger partial charge in [-0.1, -0.05) is 18.2 Å². The second-order valence-corrected chi connectivity index (χ2v) is 6.77. The summed E-state index contributed by atoms with van der Waals surface area (Å²) in [6.07, 6.45) is 0.710. The molecule has 3 rings (SSSR count). The van der Waals surface area contributed by atoms with Crippen LogP contribution in [0.25, 0.3) is 0 Å².